The van der Waals surface area contributed by atoms with Gasteiger partial charge in [-0.3, -0.25) is 4.79 Å². The van der Waals surface area contributed by atoms with E-state index in [4.69, 9.17) is 27.9 Å². The van der Waals surface area contributed by atoms with Crippen molar-refractivity contribution in [3.63, 3.8) is 0 Å². The van der Waals surface area contributed by atoms with Crippen LogP contribution in [0.1, 0.15) is 33.6 Å². The van der Waals surface area contributed by atoms with Crippen molar-refractivity contribution in [2.45, 2.75) is 39.7 Å². The maximum Gasteiger partial charge on any atom is 0.260 e. The van der Waals surface area contributed by atoms with E-state index in [1.807, 2.05) is 0 Å². The molecule has 0 heterocycles. The zero-order valence-corrected chi connectivity index (χ0v) is 14.3. The summed E-state index contributed by atoms with van der Waals surface area (Å²) in [6, 6.07) is 7.02. The van der Waals surface area contributed by atoms with E-state index in [2.05, 4.69) is 19.2 Å². The van der Waals surface area contributed by atoms with Gasteiger partial charge in [-0.15, -0.1) is 11.6 Å². The lowest BCUT2D eigenvalue weighted by atomic mass is 9.88. The number of amides is 1. The highest BCUT2D eigenvalue weighted by Gasteiger charge is 2.21. The Bertz CT molecular complexity index is 463. The third kappa shape index (κ3) is 7.05. The second kappa shape index (κ2) is 8.50. The fraction of sp³-hybridized carbons (Fsp3) is 0.562. The molecule has 1 atom stereocenters. The molecule has 5 heteroatoms. The summed E-state index contributed by atoms with van der Waals surface area (Å²) in [5.41, 5.74) is 0.0281. The average molecular weight is 332 g/mol. The minimum Gasteiger partial charge on any atom is -0.481 e. The van der Waals surface area contributed by atoms with E-state index in [1.165, 1.54) is 0 Å². The van der Waals surface area contributed by atoms with Crippen molar-refractivity contribution in [1.29, 1.82) is 0 Å². The molecule has 0 aliphatic heterocycles. The molecule has 1 aromatic carbocycles. The van der Waals surface area contributed by atoms with E-state index in [-0.39, 0.29) is 11.3 Å². The molecule has 21 heavy (non-hydrogen) atoms. The van der Waals surface area contributed by atoms with Gasteiger partial charge in [-0.25, -0.2) is 0 Å². The Kier molecular flexibility index (Phi) is 7.33. The zero-order valence-electron chi connectivity index (χ0n) is 12.8. The lowest BCUT2D eigenvalue weighted by molar-refractivity contribution is -0.127. The van der Waals surface area contributed by atoms with Gasteiger partial charge in [0.25, 0.3) is 5.91 Å². The lowest BCUT2D eigenvalue weighted by Crippen LogP contribution is -2.41. The fourth-order valence-electron chi connectivity index (χ4n) is 1.90. The van der Waals surface area contributed by atoms with Gasteiger partial charge >= 0.3 is 0 Å². The molecule has 0 bridgehead atoms. The SMILES string of the molecule is CC(Oc1cccc(Cl)c1)C(=O)NCC(C)(C)CCCCl. The summed E-state index contributed by atoms with van der Waals surface area (Å²) in [5.74, 6) is 1.10. The minimum absolute atomic E-state index is 0.0281. The van der Waals surface area contributed by atoms with Gasteiger partial charge in [0.05, 0.1) is 0 Å². The molecule has 0 spiro atoms. The molecule has 1 N–H and O–H groups in total. The fourth-order valence-corrected chi connectivity index (χ4v) is 2.22. The van der Waals surface area contributed by atoms with E-state index in [1.54, 1.807) is 31.2 Å². The Labute approximate surface area is 137 Å². The minimum atomic E-state index is -0.563. The highest BCUT2D eigenvalue weighted by Crippen LogP contribution is 2.22. The van der Waals surface area contributed by atoms with Crippen molar-refractivity contribution in [2.24, 2.45) is 5.41 Å². The number of carbonyl (C=O) groups is 1. The van der Waals surface area contributed by atoms with E-state index in [9.17, 15) is 4.79 Å². The summed E-state index contributed by atoms with van der Waals surface area (Å²) in [7, 11) is 0. The number of rotatable bonds is 8. The number of hydrogen-bond donors (Lipinski definition) is 1. The molecule has 1 aromatic rings. The van der Waals surface area contributed by atoms with Gasteiger partial charge in [-0.1, -0.05) is 31.5 Å². The first-order chi connectivity index (χ1) is 9.84. The van der Waals surface area contributed by atoms with E-state index >= 15 is 0 Å². The summed E-state index contributed by atoms with van der Waals surface area (Å²) < 4.78 is 5.59. The molecule has 118 valence electrons. The van der Waals surface area contributed by atoms with E-state index < -0.39 is 6.10 Å². The Balaban J connectivity index is 2.44. The quantitative estimate of drug-likeness (QED) is 0.722. The Morgan fingerprint density at radius 3 is 2.76 bits per heavy atom. The van der Waals surface area contributed by atoms with Gasteiger partial charge in [-0.2, -0.15) is 0 Å². The van der Waals surface area contributed by atoms with Crippen LogP contribution in [0.3, 0.4) is 0 Å². The topological polar surface area (TPSA) is 38.3 Å². The van der Waals surface area contributed by atoms with Crippen LogP contribution < -0.4 is 10.1 Å². The van der Waals surface area contributed by atoms with Crippen LogP contribution in [0.15, 0.2) is 24.3 Å². The van der Waals surface area contributed by atoms with E-state index in [0.717, 1.165) is 12.8 Å². The first kappa shape index (κ1) is 18.1. The first-order valence-corrected chi connectivity index (χ1v) is 8.01. The summed E-state index contributed by atoms with van der Waals surface area (Å²) in [6.07, 6.45) is 1.35. The summed E-state index contributed by atoms with van der Waals surface area (Å²) in [5, 5.41) is 3.51. The third-order valence-electron chi connectivity index (χ3n) is 3.21. The monoisotopic (exact) mass is 331 g/mol. The first-order valence-electron chi connectivity index (χ1n) is 7.10. The predicted molar refractivity (Wildman–Crippen MR) is 88.3 cm³/mol. The molecule has 1 unspecified atom stereocenters. The van der Waals surface area contributed by atoms with Crippen molar-refractivity contribution < 1.29 is 9.53 Å². The van der Waals surface area contributed by atoms with Crippen LogP contribution in [-0.2, 0) is 4.79 Å². The molecule has 1 amide bonds. The van der Waals surface area contributed by atoms with Crippen LogP contribution in [0.25, 0.3) is 0 Å². The molecule has 0 saturated heterocycles. The highest BCUT2D eigenvalue weighted by atomic mass is 35.5. The Morgan fingerprint density at radius 1 is 1.43 bits per heavy atom. The van der Waals surface area contributed by atoms with Crippen LogP contribution in [0, 0.1) is 5.41 Å². The normalized spacial score (nSPS) is 12.8. The summed E-state index contributed by atoms with van der Waals surface area (Å²) >= 11 is 11.6. The molecule has 3 nitrogen and oxygen atoms in total. The standard InChI is InChI=1S/C16H23Cl2NO2/c1-12(21-14-7-4-6-13(18)10-14)15(20)19-11-16(2,3)8-5-9-17/h4,6-7,10,12H,5,8-9,11H2,1-3H3,(H,19,20). The number of halogens is 2. The maximum absolute atomic E-state index is 12.1. The molecule has 0 radical (unpaired) electrons. The van der Waals surface area contributed by atoms with Crippen LogP contribution in [0.2, 0.25) is 5.02 Å². The molecule has 0 aromatic heterocycles. The summed E-state index contributed by atoms with van der Waals surface area (Å²) in [6.45, 7) is 6.55. The second-order valence-electron chi connectivity index (χ2n) is 5.89. The predicted octanol–water partition coefficient (Wildman–Crippen LogP) is 4.27. The van der Waals surface area contributed by atoms with Crippen molar-refractivity contribution in [3.8, 4) is 5.75 Å². The molecule has 0 saturated carbocycles. The van der Waals surface area contributed by atoms with Gasteiger partial charge in [0.2, 0.25) is 0 Å². The molecule has 0 aliphatic carbocycles. The molecule has 0 aliphatic rings. The van der Waals surface area contributed by atoms with Crippen LogP contribution in [0.4, 0.5) is 0 Å². The number of benzene rings is 1. The lowest BCUT2D eigenvalue weighted by Gasteiger charge is -2.25. The van der Waals surface area contributed by atoms with Crippen LogP contribution >= 0.6 is 23.2 Å². The number of carbonyl (C=O) groups excluding carboxylic acids is 1. The zero-order chi connectivity index (χ0) is 15.9. The smallest absolute Gasteiger partial charge is 0.260 e. The van der Waals surface area contributed by atoms with Crippen LogP contribution in [-0.4, -0.2) is 24.4 Å². The molecule has 0 fully saturated rings. The Morgan fingerprint density at radius 2 is 2.14 bits per heavy atom. The Hall–Kier alpha value is -0.930. The number of ether oxygens (including phenoxy) is 1. The highest BCUT2D eigenvalue weighted by molar-refractivity contribution is 6.30. The maximum atomic E-state index is 12.1. The number of nitrogens with one attached hydrogen (secondary N) is 1. The largest absolute Gasteiger partial charge is 0.481 e. The number of hydrogen-bond acceptors (Lipinski definition) is 2. The van der Waals surface area contributed by atoms with Gasteiger partial charge in [0.1, 0.15) is 5.75 Å². The van der Waals surface area contributed by atoms with Crippen molar-refractivity contribution in [3.05, 3.63) is 29.3 Å². The third-order valence-corrected chi connectivity index (χ3v) is 3.71. The summed E-state index contributed by atoms with van der Waals surface area (Å²) in [4.78, 5) is 12.1. The average Bonchev–Trinajstić information content (AvgIpc) is 2.42. The van der Waals surface area contributed by atoms with Crippen molar-refractivity contribution in [1.82, 2.24) is 5.32 Å². The van der Waals surface area contributed by atoms with Gasteiger partial charge < -0.3 is 10.1 Å². The van der Waals surface area contributed by atoms with Crippen molar-refractivity contribution >= 4 is 29.1 Å². The molecule has 1 rings (SSSR count). The number of alkyl halides is 1. The van der Waals surface area contributed by atoms with Crippen molar-refractivity contribution in [2.75, 3.05) is 12.4 Å². The van der Waals surface area contributed by atoms with Gasteiger partial charge in [-0.05, 0) is 43.4 Å². The van der Waals surface area contributed by atoms with Gasteiger partial charge in [0.15, 0.2) is 6.10 Å². The second-order valence-corrected chi connectivity index (χ2v) is 6.71. The van der Waals surface area contributed by atoms with Crippen LogP contribution in [0.5, 0.6) is 5.75 Å². The van der Waals surface area contributed by atoms with E-state index in [0.29, 0.717) is 23.2 Å². The van der Waals surface area contributed by atoms with Gasteiger partial charge in [0, 0.05) is 17.4 Å². The molecular weight excluding hydrogens is 309 g/mol. The molecular formula is C16H23Cl2NO2.